The summed E-state index contributed by atoms with van der Waals surface area (Å²) in [5.41, 5.74) is 2.60. The van der Waals surface area contributed by atoms with E-state index in [1.807, 2.05) is 24.3 Å². The summed E-state index contributed by atoms with van der Waals surface area (Å²) >= 11 is 6.03. The summed E-state index contributed by atoms with van der Waals surface area (Å²) in [5.74, 6) is 0.992. The summed E-state index contributed by atoms with van der Waals surface area (Å²) in [5, 5.41) is 0.593. The van der Waals surface area contributed by atoms with Crippen molar-refractivity contribution in [2.45, 2.75) is 19.8 Å². The Kier molecular flexibility index (Phi) is 4.54. The predicted molar refractivity (Wildman–Crippen MR) is 103 cm³/mol. The highest BCUT2D eigenvalue weighted by Crippen LogP contribution is 2.29. The van der Waals surface area contributed by atoms with E-state index in [0.717, 1.165) is 5.56 Å². The van der Waals surface area contributed by atoms with Crippen molar-refractivity contribution in [1.82, 2.24) is 4.98 Å². The highest BCUT2D eigenvalue weighted by Gasteiger charge is 2.28. The number of oxazole rings is 1. The van der Waals surface area contributed by atoms with E-state index in [0.29, 0.717) is 46.6 Å². The number of aryl methyl sites for hydroxylation is 1. The van der Waals surface area contributed by atoms with E-state index in [4.69, 9.17) is 16.0 Å². The number of rotatable bonds is 3. The fourth-order valence-corrected chi connectivity index (χ4v) is 3.44. The van der Waals surface area contributed by atoms with Crippen molar-refractivity contribution in [2.24, 2.45) is 0 Å². The van der Waals surface area contributed by atoms with Gasteiger partial charge in [0.25, 0.3) is 0 Å². The molecule has 4 rings (SSSR count). The minimum absolute atomic E-state index is 0.0653. The first kappa shape index (κ1) is 17.5. The van der Waals surface area contributed by atoms with Crippen LogP contribution >= 0.6 is 11.6 Å². The average molecular weight is 381 g/mol. The van der Waals surface area contributed by atoms with Crippen LogP contribution in [-0.2, 0) is 11.2 Å². The van der Waals surface area contributed by atoms with Gasteiger partial charge in [-0.2, -0.15) is 0 Å². The molecule has 0 fully saturated rings. The second kappa shape index (κ2) is 7.00. The zero-order chi connectivity index (χ0) is 19.0. The maximum atomic E-state index is 12.9. The normalized spacial score (nSPS) is 13.6. The van der Waals surface area contributed by atoms with Crippen molar-refractivity contribution in [2.75, 3.05) is 11.4 Å². The third kappa shape index (κ3) is 3.38. The Morgan fingerprint density at radius 3 is 2.85 bits per heavy atom. The fourth-order valence-electron chi connectivity index (χ4n) is 3.25. The number of nitrogens with zero attached hydrogens (tertiary/aromatic N) is 2. The second-order valence-corrected chi connectivity index (χ2v) is 6.88. The number of ketones is 1. The lowest BCUT2D eigenvalue weighted by atomic mass is 10.00. The van der Waals surface area contributed by atoms with E-state index in [2.05, 4.69) is 4.98 Å². The number of carbonyl (C=O) groups excluding carboxylic acids is 2. The topological polar surface area (TPSA) is 63.4 Å². The summed E-state index contributed by atoms with van der Waals surface area (Å²) in [4.78, 5) is 31.1. The number of hydrogen-bond donors (Lipinski definition) is 0. The first-order valence-corrected chi connectivity index (χ1v) is 9.05. The molecule has 2 aromatic carbocycles. The van der Waals surface area contributed by atoms with Crippen LogP contribution in [-0.4, -0.2) is 23.2 Å². The zero-order valence-electron chi connectivity index (χ0n) is 14.7. The molecule has 27 heavy (non-hydrogen) atoms. The van der Waals surface area contributed by atoms with Gasteiger partial charge in [0, 0.05) is 29.1 Å². The molecule has 0 saturated heterocycles. The number of Topliss-reactive ketones (excluding diaryl/α,β-unsaturated/α-hetero) is 1. The van der Waals surface area contributed by atoms with Gasteiger partial charge in [-0.05, 0) is 37.3 Å². The molecule has 0 bridgehead atoms. The van der Waals surface area contributed by atoms with Crippen LogP contribution in [0.2, 0.25) is 5.02 Å². The van der Waals surface area contributed by atoms with Crippen molar-refractivity contribution < 1.29 is 14.0 Å². The number of halogens is 1. The monoisotopic (exact) mass is 380 g/mol. The van der Waals surface area contributed by atoms with Gasteiger partial charge in [0.05, 0.1) is 17.8 Å². The van der Waals surface area contributed by atoms with Gasteiger partial charge in [0.15, 0.2) is 5.78 Å². The van der Waals surface area contributed by atoms with Crippen LogP contribution in [0.3, 0.4) is 0 Å². The first-order valence-electron chi connectivity index (χ1n) is 8.68. The molecule has 0 N–H and O–H groups in total. The van der Waals surface area contributed by atoms with Gasteiger partial charge in [0.1, 0.15) is 5.76 Å². The molecule has 0 spiro atoms. The van der Waals surface area contributed by atoms with Gasteiger partial charge < -0.3 is 9.32 Å². The highest BCUT2D eigenvalue weighted by molar-refractivity contribution is 6.30. The summed E-state index contributed by atoms with van der Waals surface area (Å²) in [6, 6.07) is 14.4. The SMILES string of the molecule is Cc1oc(-c2cccc(Cl)c2)nc1CC(=O)N1CCC(=O)c2ccccc21. The number of anilines is 1. The third-order valence-corrected chi connectivity index (χ3v) is 4.88. The third-order valence-electron chi connectivity index (χ3n) is 4.64. The molecule has 5 nitrogen and oxygen atoms in total. The molecule has 0 saturated carbocycles. The lowest BCUT2D eigenvalue weighted by Crippen LogP contribution is -2.38. The molecule has 6 heteroatoms. The van der Waals surface area contributed by atoms with E-state index in [9.17, 15) is 9.59 Å². The Bertz CT molecular complexity index is 1040. The van der Waals surface area contributed by atoms with Crippen LogP contribution in [0.1, 0.15) is 28.2 Å². The molecule has 136 valence electrons. The second-order valence-electron chi connectivity index (χ2n) is 6.44. The molecule has 0 radical (unpaired) electrons. The predicted octanol–water partition coefficient (Wildman–Crippen LogP) is 4.47. The lowest BCUT2D eigenvalue weighted by molar-refractivity contribution is -0.118. The number of hydrogen-bond acceptors (Lipinski definition) is 4. The number of aromatic nitrogens is 1. The van der Waals surface area contributed by atoms with E-state index in [1.54, 1.807) is 36.1 Å². The largest absolute Gasteiger partial charge is 0.441 e. The number of para-hydroxylation sites is 1. The van der Waals surface area contributed by atoms with Gasteiger partial charge in [-0.15, -0.1) is 0 Å². The number of benzene rings is 2. The van der Waals surface area contributed by atoms with Crippen LogP contribution in [0.15, 0.2) is 52.9 Å². The van der Waals surface area contributed by atoms with Crippen LogP contribution in [0.4, 0.5) is 5.69 Å². The Hall–Kier alpha value is -2.92. The molecule has 0 unspecified atom stereocenters. The van der Waals surface area contributed by atoms with E-state index < -0.39 is 0 Å². The van der Waals surface area contributed by atoms with Crippen molar-refractivity contribution in [3.63, 3.8) is 0 Å². The molecule has 0 atom stereocenters. The molecule has 2 heterocycles. The number of fused-ring (bicyclic) bond motifs is 1. The standard InChI is InChI=1S/C21H17ClN2O3/c1-13-17(23-21(27-13)14-5-4-6-15(22)11-14)12-20(26)24-10-9-19(25)16-7-2-3-8-18(16)24/h2-8,11H,9-10,12H2,1H3. The minimum Gasteiger partial charge on any atom is -0.441 e. The summed E-state index contributed by atoms with van der Waals surface area (Å²) in [6.45, 7) is 2.17. The van der Waals surface area contributed by atoms with Gasteiger partial charge in [-0.1, -0.05) is 29.8 Å². The summed E-state index contributed by atoms with van der Waals surface area (Å²) < 4.78 is 5.74. The van der Waals surface area contributed by atoms with Crippen LogP contribution in [0.5, 0.6) is 0 Å². The quantitative estimate of drug-likeness (QED) is 0.672. The maximum Gasteiger partial charge on any atom is 0.233 e. The Morgan fingerprint density at radius 2 is 2.04 bits per heavy atom. The van der Waals surface area contributed by atoms with Gasteiger partial charge in [-0.3, -0.25) is 9.59 Å². The number of amides is 1. The van der Waals surface area contributed by atoms with Gasteiger partial charge in [0.2, 0.25) is 11.8 Å². The number of carbonyl (C=O) groups is 2. The smallest absolute Gasteiger partial charge is 0.233 e. The lowest BCUT2D eigenvalue weighted by Gasteiger charge is -2.28. The van der Waals surface area contributed by atoms with Crippen molar-refractivity contribution in [3.8, 4) is 11.5 Å². The molecule has 1 amide bonds. The Balaban J connectivity index is 1.59. The Morgan fingerprint density at radius 1 is 1.22 bits per heavy atom. The van der Waals surface area contributed by atoms with Crippen molar-refractivity contribution in [1.29, 1.82) is 0 Å². The zero-order valence-corrected chi connectivity index (χ0v) is 15.5. The molecule has 3 aromatic rings. The molecule has 1 aromatic heterocycles. The molecule has 1 aliphatic rings. The van der Waals surface area contributed by atoms with E-state index in [1.165, 1.54) is 0 Å². The Labute approximate surface area is 161 Å². The molecular weight excluding hydrogens is 364 g/mol. The maximum absolute atomic E-state index is 12.9. The average Bonchev–Trinajstić information content (AvgIpc) is 3.03. The van der Waals surface area contributed by atoms with Gasteiger partial charge in [-0.25, -0.2) is 4.98 Å². The minimum atomic E-state index is -0.107. The van der Waals surface area contributed by atoms with E-state index >= 15 is 0 Å². The molecular formula is C21H17ClN2O3. The molecule has 1 aliphatic heterocycles. The van der Waals surface area contributed by atoms with E-state index in [-0.39, 0.29) is 18.1 Å². The van der Waals surface area contributed by atoms with Crippen LogP contribution in [0, 0.1) is 6.92 Å². The summed E-state index contributed by atoms with van der Waals surface area (Å²) in [7, 11) is 0. The fraction of sp³-hybridized carbons (Fsp3) is 0.190. The van der Waals surface area contributed by atoms with Gasteiger partial charge >= 0.3 is 0 Å². The van der Waals surface area contributed by atoms with Crippen molar-refractivity contribution in [3.05, 3.63) is 70.6 Å². The molecule has 0 aliphatic carbocycles. The van der Waals surface area contributed by atoms with Crippen molar-refractivity contribution >= 4 is 29.0 Å². The van der Waals surface area contributed by atoms with Crippen LogP contribution in [0.25, 0.3) is 11.5 Å². The first-order chi connectivity index (χ1) is 13.0. The highest BCUT2D eigenvalue weighted by atomic mass is 35.5. The van der Waals surface area contributed by atoms with Crippen LogP contribution < -0.4 is 4.90 Å². The summed E-state index contributed by atoms with van der Waals surface area (Å²) in [6.07, 6.45) is 0.437.